The fourth-order valence-corrected chi connectivity index (χ4v) is 3.85. The van der Waals surface area contributed by atoms with Crippen molar-refractivity contribution in [2.24, 2.45) is 0 Å². The Kier molecular flexibility index (Phi) is 7.25. The largest absolute Gasteiger partial charge is 0.508 e. The molecule has 0 aliphatic rings. The molecule has 0 aliphatic carbocycles. The van der Waals surface area contributed by atoms with Crippen LogP contribution in [0, 0.1) is 3.57 Å². The summed E-state index contributed by atoms with van der Waals surface area (Å²) >= 11 is 2.22. The van der Waals surface area contributed by atoms with Crippen LogP contribution in [-0.4, -0.2) is 41.4 Å². The number of aromatic nitrogens is 4. The van der Waals surface area contributed by atoms with E-state index in [1.807, 2.05) is 25.4 Å². The van der Waals surface area contributed by atoms with E-state index in [4.69, 9.17) is 4.98 Å². The molecule has 0 aliphatic heterocycles. The van der Waals surface area contributed by atoms with Crippen molar-refractivity contribution in [2.45, 2.75) is 71.7 Å². The number of rotatable bonds is 9. The Hall–Kier alpha value is -2.14. The highest BCUT2D eigenvalue weighted by molar-refractivity contribution is 14.1. The third-order valence-electron chi connectivity index (χ3n) is 5.65. The molecule has 4 N–H and O–H groups in total. The molecular weight excluding hydrogens is 507 g/mol. The number of nitrogens with one attached hydrogen (secondary N) is 2. The number of aliphatic hydroxyl groups is 1. The summed E-state index contributed by atoms with van der Waals surface area (Å²) < 4.78 is 3.13. The smallest absolute Gasteiger partial charge is 0.227 e. The monoisotopic (exact) mass is 538 g/mol. The first-order chi connectivity index (χ1) is 14.6. The van der Waals surface area contributed by atoms with Gasteiger partial charge in [0.25, 0.3) is 0 Å². The van der Waals surface area contributed by atoms with Crippen molar-refractivity contribution >= 4 is 45.5 Å². The number of halogens is 1. The minimum absolute atomic E-state index is 0.231. The van der Waals surface area contributed by atoms with Crippen molar-refractivity contribution in [1.29, 1.82) is 0 Å². The zero-order valence-corrected chi connectivity index (χ0v) is 20.8. The van der Waals surface area contributed by atoms with Crippen LogP contribution in [0.5, 0.6) is 5.75 Å². The van der Waals surface area contributed by atoms with Crippen LogP contribution in [0.4, 0.5) is 11.8 Å². The molecule has 0 amide bonds. The molecule has 3 rings (SSSR count). The van der Waals surface area contributed by atoms with Crippen LogP contribution in [0.3, 0.4) is 0 Å². The fourth-order valence-electron chi connectivity index (χ4n) is 3.30. The molecule has 1 aromatic carbocycles. The summed E-state index contributed by atoms with van der Waals surface area (Å²) in [6.07, 6.45) is 3.75. The van der Waals surface area contributed by atoms with Gasteiger partial charge in [-0.05, 0) is 74.4 Å². The molecular formula is C22H31IN6O2. The number of fused-ring (bicyclic) bond motifs is 1. The van der Waals surface area contributed by atoms with Crippen molar-refractivity contribution in [3.8, 4) is 5.75 Å². The molecule has 0 saturated carbocycles. The minimum Gasteiger partial charge on any atom is -0.508 e. The lowest BCUT2D eigenvalue weighted by molar-refractivity contribution is 0.0646. The Bertz CT molecular complexity index is 1040. The maximum Gasteiger partial charge on any atom is 0.227 e. The number of aromatic hydroxyl groups is 1. The molecule has 3 aromatic rings. The minimum atomic E-state index is -0.936. The Morgan fingerprint density at radius 1 is 1.19 bits per heavy atom. The molecule has 9 heteroatoms. The highest BCUT2D eigenvalue weighted by atomic mass is 127. The highest BCUT2D eigenvalue weighted by Gasteiger charge is 2.24. The first kappa shape index (κ1) is 23.5. The van der Waals surface area contributed by atoms with E-state index in [-0.39, 0.29) is 17.8 Å². The van der Waals surface area contributed by atoms with Gasteiger partial charge in [-0.25, -0.2) is 4.98 Å². The molecule has 168 valence electrons. The van der Waals surface area contributed by atoms with Gasteiger partial charge in [0.15, 0.2) is 17.0 Å². The maximum absolute atomic E-state index is 10.3. The third-order valence-corrected chi connectivity index (χ3v) is 6.32. The average molecular weight is 538 g/mol. The lowest BCUT2D eigenvalue weighted by Crippen LogP contribution is -2.39. The molecule has 31 heavy (non-hydrogen) atoms. The number of benzene rings is 1. The number of hydrogen-bond donors (Lipinski definition) is 4. The normalized spacial score (nSPS) is 13.0. The van der Waals surface area contributed by atoms with Crippen molar-refractivity contribution in [3.05, 3.63) is 33.7 Å². The second-order valence-electron chi connectivity index (χ2n) is 8.34. The number of hydrogen-bond acceptors (Lipinski definition) is 7. The zero-order chi connectivity index (χ0) is 22.8. The van der Waals surface area contributed by atoms with E-state index in [1.54, 1.807) is 19.9 Å². The summed E-state index contributed by atoms with van der Waals surface area (Å²) in [7, 11) is 0. The molecule has 8 nitrogen and oxygen atoms in total. The number of nitrogens with zero attached hydrogens (tertiary/aromatic N) is 4. The molecule has 1 atom stereocenters. The molecule has 0 bridgehead atoms. The number of anilines is 2. The zero-order valence-electron chi connectivity index (χ0n) is 18.6. The maximum atomic E-state index is 10.3. The number of imidazole rings is 1. The van der Waals surface area contributed by atoms with Crippen molar-refractivity contribution in [3.63, 3.8) is 0 Å². The highest BCUT2D eigenvalue weighted by Crippen LogP contribution is 2.28. The van der Waals surface area contributed by atoms with Crippen LogP contribution in [0.2, 0.25) is 0 Å². The SMILES string of the molecule is CCC(CC)n1cnc2c(NCc3cc(I)ccc3O)nc(NC(C)C(C)(C)O)nc21. The molecule has 2 heterocycles. The molecule has 0 spiro atoms. The van der Waals surface area contributed by atoms with E-state index in [1.165, 1.54) is 0 Å². The van der Waals surface area contributed by atoms with Crippen LogP contribution in [0.1, 0.15) is 59.1 Å². The van der Waals surface area contributed by atoms with E-state index in [0.717, 1.165) is 27.6 Å². The lowest BCUT2D eigenvalue weighted by Gasteiger charge is -2.27. The van der Waals surface area contributed by atoms with Gasteiger partial charge in [-0.2, -0.15) is 9.97 Å². The second kappa shape index (κ2) is 9.56. The third kappa shape index (κ3) is 5.38. The quantitative estimate of drug-likeness (QED) is 0.293. The molecule has 2 aromatic heterocycles. The number of phenols is 1. The standard InChI is InChI=1S/C22H31IN6O2/c1-6-16(7-2)29-12-25-18-19(24-11-14-10-15(23)8-9-17(14)30)27-21(28-20(18)29)26-13(3)22(4,5)31/h8-10,12-13,16,30-31H,6-7,11H2,1-5H3,(H2,24,26,27,28). The summed E-state index contributed by atoms with van der Waals surface area (Å²) in [5.41, 5.74) is 1.26. The van der Waals surface area contributed by atoms with Crippen molar-refractivity contribution in [2.75, 3.05) is 10.6 Å². The Balaban J connectivity index is 2.02. The van der Waals surface area contributed by atoms with Gasteiger partial charge in [0.2, 0.25) is 5.95 Å². The predicted molar refractivity (Wildman–Crippen MR) is 132 cm³/mol. The summed E-state index contributed by atoms with van der Waals surface area (Å²) in [5.74, 6) is 1.23. The van der Waals surface area contributed by atoms with Gasteiger partial charge >= 0.3 is 0 Å². The van der Waals surface area contributed by atoms with E-state index in [9.17, 15) is 10.2 Å². The van der Waals surface area contributed by atoms with Gasteiger partial charge in [-0.3, -0.25) is 0 Å². The fraction of sp³-hybridized carbons (Fsp3) is 0.500. The van der Waals surface area contributed by atoms with Gasteiger partial charge in [-0.15, -0.1) is 0 Å². The van der Waals surface area contributed by atoms with Gasteiger partial charge in [0.1, 0.15) is 5.75 Å². The first-order valence-electron chi connectivity index (χ1n) is 10.6. The van der Waals surface area contributed by atoms with Crippen molar-refractivity contribution in [1.82, 2.24) is 19.5 Å². The summed E-state index contributed by atoms with van der Waals surface area (Å²) in [5, 5.41) is 27.1. The van der Waals surface area contributed by atoms with E-state index < -0.39 is 5.60 Å². The summed E-state index contributed by atoms with van der Waals surface area (Å²) in [6.45, 7) is 10.1. The van der Waals surface area contributed by atoms with E-state index in [0.29, 0.717) is 23.8 Å². The topological polar surface area (TPSA) is 108 Å². The van der Waals surface area contributed by atoms with E-state index >= 15 is 0 Å². The van der Waals surface area contributed by atoms with Crippen LogP contribution in [-0.2, 0) is 6.54 Å². The molecule has 1 unspecified atom stereocenters. The van der Waals surface area contributed by atoms with Crippen molar-refractivity contribution < 1.29 is 10.2 Å². The molecule has 0 fully saturated rings. The van der Waals surface area contributed by atoms with Gasteiger partial charge in [0.05, 0.1) is 18.0 Å². The second-order valence-corrected chi connectivity index (χ2v) is 9.58. The van der Waals surface area contributed by atoms with Gasteiger partial charge in [0, 0.05) is 21.7 Å². The number of phenolic OH excluding ortho intramolecular Hbond substituents is 1. The van der Waals surface area contributed by atoms with Gasteiger partial charge in [-0.1, -0.05) is 13.8 Å². The van der Waals surface area contributed by atoms with Crippen LogP contribution in [0.25, 0.3) is 11.2 Å². The van der Waals surface area contributed by atoms with Crippen LogP contribution < -0.4 is 10.6 Å². The Morgan fingerprint density at radius 3 is 2.55 bits per heavy atom. The first-order valence-corrected chi connectivity index (χ1v) is 11.7. The lowest BCUT2D eigenvalue weighted by atomic mass is 10.0. The Morgan fingerprint density at radius 2 is 1.90 bits per heavy atom. The summed E-state index contributed by atoms with van der Waals surface area (Å²) in [4.78, 5) is 14.0. The van der Waals surface area contributed by atoms with Crippen LogP contribution >= 0.6 is 22.6 Å². The van der Waals surface area contributed by atoms with Gasteiger partial charge < -0.3 is 25.4 Å². The molecule has 0 radical (unpaired) electrons. The molecule has 0 saturated heterocycles. The summed E-state index contributed by atoms with van der Waals surface area (Å²) in [6, 6.07) is 5.50. The van der Waals surface area contributed by atoms with E-state index in [2.05, 4.69) is 61.6 Å². The van der Waals surface area contributed by atoms with Crippen LogP contribution in [0.15, 0.2) is 24.5 Å². The average Bonchev–Trinajstić information content (AvgIpc) is 3.13. The predicted octanol–water partition coefficient (Wildman–Crippen LogP) is 4.68. The Labute approximate surface area is 196 Å².